The molecule has 0 bridgehead atoms. The molecule has 2 amide bonds. The molecule has 0 radical (unpaired) electrons. The van der Waals surface area contributed by atoms with Gasteiger partial charge in [0.15, 0.2) is 0 Å². The molecule has 0 spiro atoms. The third kappa shape index (κ3) is 4.05. The van der Waals surface area contributed by atoms with Crippen molar-refractivity contribution in [1.29, 1.82) is 0 Å². The number of carbonyl (C=O) groups is 1. The zero-order chi connectivity index (χ0) is 17.6. The summed E-state index contributed by atoms with van der Waals surface area (Å²) in [5.74, 6) is 0.811. The van der Waals surface area contributed by atoms with Crippen LogP contribution in [0.1, 0.15) is 13.8 Å². The Morgan fingerprint density at radius 2 is 1.80 bits per heavy atom. The van der Waals surface area contributed by atoms with Crippen LogP contribution in [0.4, 0.5) is 16.2 Å². The fraction of sp³-hybridized carbons (Fsp3) is 0.350. The lowest BCUT2D eigenvalue weighted by Gasteiger charge is -2.46. The molecule has 3 rings (SSSR count). The largest absolute Gasteiger partial charge is 0.494 e. The van der Waals surface area contributed by atoms with E-state index in [4.69, 9.17) is 4.74 Å². The first-order chi connectivity index (χ1) is 12.2. The Bertz CT molecular complexity index is 682. The van der Waals surface area contributed by atoms with E-state index in [9.17, 15) is 4.79 Å². The zero-order valence-electron chi connectivity index (χ0n) is 14.8. The van der Waals surface area contributed by atoms with Crippen LogP contribution in [-0.4, -0.2) is 43.2 Å². The molecule has 1 heterocycles. The molecule has 0 atom stereocenters. The van der Waals surface area contributed by atoms with E-state index >= 15 is 0 Å². The van der Waals surface area contributed by atoms with E-state index in [-0.39, 0.29) is 6.03 Å². The number of carbonyl (C=O) groups excluding carboxylic acids is 1. The molecule has 5 nitrogen and oxygen atoms in total. The number of nitrogens with zero attached hydrogens (tertiary/aromatic N) is 2. The Balaban J connectivity index is 1.52. The maximum atomic E-state index is 12.4. The lowest BCUT2D eigenvalue weighted by atomic mass is 10.1. The van der Waals surface area contributed by atoms with Crippen LogP contribution in [0.2, 0.25) is 0 Å². The topological polar surface area (TPSA) is 44.8 Å². The Morgan fingerprint density at radius 1 is 1.12 bits per heavy atom. The second-order valence-corrected chi connectivity index (χ2v) is 6.07. The summed E-state index contributed by atoms with van der Waals surface area (Å²) in [6, 6.07) is 18.1. The number of likely N-dealkylation sites (tertiary alicyclic amines) is 1. The first-order valence-corrected chi connectivity index (χ1v) is 8.81. The summed E-state index contributed by atoms with van der Waals surface area (Å²) in [4.78, 5) is 16.6. The summed E-state index contributed by atoms with van der Waals surface area (Å²) in [7, 11) is 0. The van der Waals surface area contributed by atoms with Gasteiger partial charge < -0.3 is 19.9 Å². The molecule has 1 aliphatic heterocycles. The number of rotatable bonds is 6. The fourth-order valence-corrected chi connectivity index (χ4v) is 3.09. The van der Waals surface area contributed by atoms with Gasteiger partial charge in [-0.25, -0.2) is 4.79 Å². The number of amides is 2. The predicted molar refractivity (Wildman–Crippen MR) is 101 cm³/mol. The number of hydrogen-bond acceptors (Lipinski definition) is 3. The van der Waals surface area contributed by atoms with Gasteiger partial charge in [0, 0.05) is 31.0 Å². The van der Waals surface area contributed by atoms with Crippen LogP contribution in [0.5, 0.6) is 5.75 Å². The molecule has 1 fully saturated rings. The highest BCUT2D eigenvalue weighted by Crippen LogP contribution is 2.23. The van der Waals surface area contributed by atoms with E-state index in [1.165, 1.54) is 5.69 Å². The highest BCUT2D eigenvalue weighted by molar-refractivity contribution is 5.90. The molecule has 2 aromatic rings. The van der Waals surface area contributed by atoms with Crippen LogP contribution in [-0.2, 0) is 0 Å². The van der Waals surface area contributed by atoms with Gasteiger partial charge in [0.25, 0.3) is 0 Å². The molecule has 1 aliphatic rings. The van der Waals surface area contributed by atoms with E-state index in [2.05, 4.69) is 29.3 Å². The van der Waals surface area contributed by atoms with Crippen LogP contribution < -0.4 is 15.0 Å². The van der Waals surface area contributed by atoms with Gasteiger partial charge in [-0.05, 0) is 50.2 Å². The number of nitrogens with one attached hydrogen (secondary N) is 1. The van der Waals surface area contributed by atoms with Crippen molar-refractivity contribution in [1.82, 2.24) is 4.90 Å². The quantitative estimate of drug-likeness (QED) is 0.870. The number of anilines is 2. The van der Waals surface area contributed by atoms with Gasteiger partial charge in [0.1, 0.15) is 5.75 Å². The Morgan fingerprint density at radius 3 is 2.40 bits per heavy atom. The SMILES string of the molecule is CCOc1ccc(NC(=O)N2CC(N(CC)c3ccccc3)C2)cc1. The number of ether oxygens (including phenoxy) is 1. The average Bonchev–Trinajstić information content (AvgIpc) is 2.60. The lowest BCUT2D eigenvalue weighted by Crippen LogP contribution is -2.62. The maximum absolute atomic E-state index is 12.4. The minimum Gasteiger partial charge on any atom is -0.494 e. The Kier molecular flexibility index (Phi) is 5.43. The molecule has 2 aromatic carbocycles. The van der Waals surface area contributed by atoms with Crippen molar-refractivity contribution in [2.75, 3.05) is 36.5 Å². The second kappa shape index (κ2) is 7.92. The molecular weight excluding hydrogens is 314 g/mol. The summed E-state index contributed by atoms with van der Waals surface area (Å²) in [5.41, 5.74) is 1.99. The van der Waals surface area contributed by atoms with Crippen molar-refractivity contribution in [3.8, 4) is 5.75 Å². The average molecular weight is 339 g/mol. The highest BCUT2D eigenvalue weighted by Gasteiger charge is 2.34. The molecule has 132 valence electrons. The van der Waals surface area contributed by atoms with Gasteiger partial charge in [0.2, 0.25) is 0 Å². The minimum absolute atomic E-state index is 0.0514. The molecule has 1 saturated heterocycles. The van der Waals surface area contributed by atoms with Crippen LogP contribution in [0.3, 0.4) is 0 Å². The molecule has 0 aromatic heterocycles. The number of likely N-dealkylation sites (N-methyl/N-ethyl adjacent to an activating group) is 1. The fourth-order valence-electron chi connectivity index (χ4n) is 3.09. The van der Waals surface area contributed by atoms with E-state index in [1.807, 2.05) is 54.3 Å². The van der Waals surface area contributed by atoms with Crippen LogP contribution >= 0.6 is 0 Å². The van der Waals surface area contributed by atoms with Crippen LogP contribution in [0, 0.1) is 0 Å². The smallest absolute Gasteiger partial charge is 0.321 e. The minimum atomic E-state index is -0.0514. The third-order valence-corrected chi connectivity index (χ3v) is 4.44. The molecule has 0 unspecified atom stereocenters. The molecule has 0 saturated carbocycles. The monoisotopic (exact) mass is 339 g/mol. The molecule has 0 aliphatic carbocycles. The van der Waals surface area contributed by atoms with E-state index in [0.29, 0.717) is 12.6 Å². The van der Waals surface area contributed by atoms with Gasteiger partial charge in [-0.15, -0.1) is 0 Å². The number of urea groups is 1. The van der Waals surface area contributed by atoms with Gasteiger partial charge in [-0.3, -0.25) is 0 Å². The van der Waals surface area contributed by atoms with Gasteiger partial charge in [-0.1, -0.05) is 18.2 Å². The standard InChI is InChI=1S/C20H25N3O2/c1-3-23(17-8-6-5-7-9-17)18-14-22(15-18)20(24)21-16-10-12-19(13-11-16)25-4-2/h5-13,18H,3-4,14-15H2,1-2H3,(H,21,24). The van der Waals surface area contributed by atoms with E-state index in [1.54, 1.807) is 0 Å². The summed E-state index contributed by atoms with van der Waals surface area (Å²) in [6.45, 7) is 7.15. The molecule has 1 N–H and O–H groups in total. The van der Waals surface area contributed by atoms with Crippen molar-refractivity contribution in [2.45, 2.75) is 19.9 Å². The van der Waals surface area contributed by atoms with Gasteiger partial charge in [0.05, 0.1) is 12.6 Å². The zero-order valence-corrected chi connectivity index (χ0v) is 14.8. The molecule has 5 heteroatoms. The van der Waals surface area contributed by atoms with Crippen molar-refractivity contribution in [2.24, 2.45) is 0 Å². The second-order valence-electron chi connectivity index (χ2n) is 6.07. The van der Waals surface area contributed by atoms with Crippen molar-refractivity contribution < 1.29 is 9.53 Å². The Hall–Kier alpha value is -2.69. The highest BCUT2D eigenvalue weighted by atomic mass is 16.5. The first-order valence-electron chi connectivity index (χ1n) is 8.81. The summed E-state index contributed by atoms with van der Waals surface area (Å²) < 4.78 is 5.41. The van der Waals surface area contributed by atoms with Crippen LogP contribution in [0.25, 0.3) is 0 Å². The number of hydrogen-bond donors (Lipinski definition) is 1. The summed E-state index contributed by atoms with van der Waals surface area (Å²) >= 11 is 0. The third-order valence-electron chi connectivity index (χ3n) is 4.44. The lowest BCUT2D eigenvalue weighted by molar-refractivity contribution is 0.161. The molecule has 25 heavy (non-hydrogen) atoms. The molecular formula is C20H25N3O2. The number of benzene rings is 2. The maximum Gasteiger partial charge on any atom is 0.321 e. The van der Waals surface area contributed by atoms with E-state index < -0.39 is 0 Å². The first kappa shape index (κ1) is 17.1. The van der Waals surface area contributed by atoms with Crippen molar-refractivity contribution in [3.05, 3.63) is 54.6 Å². The Labute approximate surface area is 149 Å². The van der Waals surface area contributed by atoms with Crippen molar-refractivity contribution in [3.63, 3.8) is 0 Å². The van der Waals surface area contributed by atoms with Crippen LogP contribution in [0.15, 0.2) is 54.6 Å². The summed E-state index contributed by atoms with van der Waals surface area (Å²) in [5, 5.41) is 2.94. The summed E-state index contributed by atoms with van der Waals surface area (Å²) in [6.07, 6.45) is 0. The van der Waals surface area contributed by atoms with Crippen molar-refractivity contribution >= 4 is 17.4 Å². The van der Waals surface area contributed by atoms with E-state index in [0.717, 1.165) is 31.1 Å². The van der Waals surface area contributed by atoms with Gasteiger partial charge in [-0.2, -0.15) is 0 Å². The number of para-hydroxylation sites is 1. The van der Waals surface area contributed by atoms with Gasteiger partial charge >= 0.3 is 6.03 Å². The normalized spacial score (nSPS) is 13.9. The predicted octanol–water partition coefficient (Wildman–Crippen LogP) is 3.83.